The Balaban J connectivity index is 2.01. The molecule has 1 heterocycles. The Morgan fingerprint density at radius 2 is 1.96 bits per heavy atom. The Kier molecular flexibility index (Phi) is 5.39. The molecule has 5 heteroatoms. The van der Waals surface area contributed by atoms with Gasteiger partial charge in [-0.25, -0.2) is 4.79 Å². The number of carbonyl (C=O) groups excluding carboxylic acids is 1. The van der Waals surface area contributed by atoms with Crippen LogP contribution < -0.4 is 10.5 Å². The fraction of sp³-hybridized carbons (Fsp3) is 0.611. The second-order valence-corrected chi connectivity index (χ2v) is 6.97. The molecule has 1 fully saturated rings. The van der Waals surface area contributed by atoms with Crippen LogP contribution in [0.3, 0.4) is 0 Å². The normalized spacial score (nSPS) is 16.3. The lowest BCUT2D eigenvalue weighted by Gasteiger charge is -2.34. The number of anilines is 1. The van der Waals surface area contributed by atoms with E-state index in [-0.39, 0.29) is 6.09 Å². The molecule has 1 aliphatic rings. The van der Waals surface area contributed by atoms with Crippen LogP contribution in [-0.2, 0) is 4.74 Å². The van der Waals surface area contributed by atoms with Crippen LogP contribution in [0, 0.1) is 0 Å². The molecule has 1 aliphatic heterocycles. The minimum Gasteiger partial charge on any atom is -0.494 e. The molecule has 128 valence electrons. The maximum absolute atomic E-state index is 12.1. The van der Waals surface area contributed by atoms with Gasteiger partial charge in [-0.05, 0) is 58.1 Å². The van der Waals surface area contributed by atoms with E-state index in [4.69, 9.17) is 15.2 Å². The largest absolute Gasteiger partial charge is 0.494 e. The molecular weight excluding hydrogens is 292 g/mol. The molecule has 0 saturated carbocycles. The summed E-state index contributed by atoms with van der Waals surface area (Å²) in [7, 11) is 0. The maximum atomic E-state index is 12.1. The van der Waals surface area contributed by atoms with Crippen LogP contribution in [-0.4, -0.2) is 36.3 Å². The topological polar surface area (TPSA) is 64.8 Å². The minimum atomic E-state index is -0.451. The van der Waals surface area contributed by atoms with E-state index >= 15 is 0 Å². The van der Waals surface area contributed by atoms with E-state index in [1.807, 2.05) is 45.9 Å². The van der Waals surface area contributed by atoms with Crippen molar-refractivity contribution in [2.24, 2.45) is 0 Å². The summed E-state index contributed by atoms with van der Waals surface area (Å²) in [5.41, 5.74) is 7.30. The maximum Gasteiger partial charge on any atom is 0.410 e. The summed E-state index contributed by atoms with van der Waals surface area (Å²) in [6.07, 6.45) is 1.59. The summed E-state index contributed by atoms with van der Waals surface area (Å²) in [5, 5.41) is 0. The summed E-state index contributed by atoms with van der Waals surface area (Å²) in [6.45, 7) is 9.66. The first kappa shape index (κ1) is 17.4. The minimum absolute atomic E-state index is 0.224. The van der Waals surface area contributed by atoms with Crippen LogP contribution in [0.1, 0.15) is 52.0 Å². The third kappa shape index (κ3) is 4.78. The van der Waals surface area contributed by atoms with E-state index in [2.05, 4.69) is 0 Å². The van der Waals surface area contributed by atoms with E-state index in [0.717, 1.165) is 18.6 Å². The molecule has 1 saturated heterocycles. The predicted molar refractivity (Wildman–Crippen MR) is 91.8 cm³/mol. The zero-order chi connectivity index (χ0) is 17.0. The Bertz CT molecular complexity index is 544. The van der Waals surface area contributed by atoms with Crippen LogP contribution in [0.4, 0.5) is 10.5 Å². The van der Waals surface area contributed by atoms with Crippen molar-refractivity contribution in [3.05, 3.63) is 23.8 Å². The number of carbonyl (C=O) groups is 1. The Morgan fingerprint density at radius 1 is 1.30 bits per heavy atom. The molecule has 23 heavy (non-hydrogen) atoms. The number of hydrogen-bond donors (Lipinski definition) is 1. The van der Waals surface area contributed by atoms with Gasteiger partial charge in [0.25, 0.3) is 0 Å². The van der Waals surface area contributed by atoms with Crippen LogP contribution in [0.25, 0.3) is 0 Å². The number of nitrogens with zero attached hydrogens (tertiary/aromatic N) is 1. The molecule has 0 spiro atoms. The van der Waals surface area contributed by atoms with Gasteiger partial charge >= 0.3 is 6.09 Å². The highest BCUT2D eigenvalue weighted by Crippen LogP contribution is 2.35. The van der Waals surface area contributed by atoms with Gasteiger partial charge in [0.15, 0.2) is 0 Å². The zero-order valence-electron chi connectivity index (χ0n) is 14.6. The lowest BCUT2D eigenvalue weighted by molar-refractivity contribution is 0.0204. The van der Waals surface area contributed by atoms with Gasteiger partial charge in [-0.3, -0.25) is 0 Å². The number of nitrogen functional groups attached to an aromatic ring is 1. The van der Waals surface area contributed by atoms with E-state index in [1.54, 1.807) is 4.90 Å². The van der Waals surface area contributed by atoms with E-state index in [9.17, 15) is 4.79 Å². The summed E-state index contributed by atoms with van der Waals surface area (Å²) in [6, 6.07) is 5.85. The zero-order valence-corrected chi connectivity index (χ0v) is 14.6. The molecule has 0 radical (unpaired) electrons. The van der Waals surface area contributed by atoms with Crippen molar-refractivity contribution < 1.29 is 14.3 Å². The number of amides is 1. The molecular formula is C18H28N2O3. The molecule has 0 aliphatic carbocycles. The van der Waals surface area contributed by atoms with Crippen molar-refractivity contribution in [3.8, 4) is 5.75 Å². The number of ether oxygens (including phenoxy) is 2. The van der Waals surface area contributed by atoms with E-state index in [1.165, 1.54) is 5.56 Å². The standard InChI is InChI=1S/C18H28N2O3/c1-5-22-16-12-14(19)6-7-15(16)13-8-10-20(11-9-13)17(21)23-18(2,3)4/h6-7,12-13H,5,8-11,19H2,1-4H3. The van der Waals surface area contributed by atoms with Crippen molar-refractivity contribution in [1.29, 1.82) is 0 Å². The Labute approximate surface area is 138 Å². The highest BCUT2D eigenvalue weighted by molar-refractivity contribution is 5.68. The monoisotopic (exact) mass is 320 g/mol. The van der Waals surface area contributed by atoms with E-state index < -0.39 is 5.60 Å². The second kappa shape index (κ2) is 7.11. The molecule has 0 aromatic heterocycles. The van der Waals surface area contributed by atoms with Gasteiger partial charge in [-0.2, -0.15) is 0 Å². The molecule has 1 aromatic carbocycles. The number of benzene rings is 1. The first-order valence-corrected chi connectivity index (χ1v) is 8.30. The highest BCUT2D eigenvalue weighted by atomic mass is 16.6. The number of nitrogens with two attached hydrogens (primary N) is 1. The third-order valence-electron chi connectivity index (χ3n) is 3.92. The first-order valence-electron chi connectivity index (χ1n) is 8.30. The first-order chi connectivity index (χ1) is 10.8. The summed E-state index contributed by atoms with van der Waals surface area (Å²) >= 11 is 0. The molecule has 0 atom stereocenters. The van der Waals surface area contributed by atoms with Crippen LogP contribution in [0.15, 0.2) is 18.2 Å². The van der Waals surface area contributed by atoms with Crippen LogP contribution in [0.5, 0.6) is 5.75 Å². The quantitative estimate of drug-likeness (QED) is 0.861. The summed E-state index contributed by atoms with van der Waals surface area (Å²) < 4.78 is 11.2. The van der Waals surface area contributed by atoms with Gasteiger partial charge in [0.2, 0.25) is 0 Å². The van der Waals surface area contributed by atoms with Crippen LogP contribution >= 0.6 is 0 Å². The SMILES string of the molecule is CCOc1cc(N)ccc1C1CCN(C(=O)OC(C)(C)C)CC1. The lowest BCUT2D eigenvalue weighted by Crippen LogP contribution is -2.41. The fourth-order valence-corrected chi connectivity index (χ4v) is 2.87. The van der Waals surface area contributed by atoms with Gasteiger partial charge in [-0.1, -0.05) is 6.07 Å². The molecule has 5 nitrogen and oxygen atoms in total. The van der Waals surface area contributed by atoms with Crippen molar-refractivity contribution in [2.75, 3.05) is 25.4 Å². The molecule has 2 N–H and O–H groups in total. The average Bonchev–Trinajstić information content (AvgIpc) is 2.46. The van der Waals surface area contributed by atoms with Gasteiger partial charge in [0.05, 0.1) is 6.61 Å². The summed E-state index contributed by atoms with van der Waals surface area (Å²) in [4.78, 5) is 13.9. The number of rotatable bonds is 3. The smallest absolute Gasteiger partial charge is 0.410 e. The number of likely N-dealkylation sites (tertiary alicyclic amines) is 1. The second-order valence-electron chi connectivity index (χ2n) is 6.97. The molecule has 0 bridgehead atoms. The lowest BCUT2D eigenvalue weighted by atomic mass is 9.88. The fourth-order valence-electron chi connectivity index (χ4n) is 2.87. The van der Waals surface area contributed by atoms with Gasteiger partial charge in [0.1, 0.15) is 11.4 Å². The van der Waals surface area contributed by atoms with Gasteiger partial charge < -0.3 is 20.1 Å². The Morgan fingerprint density at radius 3 is 2.52 bits per heavy atom. The third-order valence-corrected chi connectivity index (χ3v) is 3.92. The van der Waals surface area contributed by atoms with Gasteiger partial charge in [0, 0.05) is 24.8 Å². The number of hydrogen-bond acceptors (Lipinski definition) is 4. The van der Waals surface area contributed by atoms with Crippen molar-refractivity contribution in [3.63, 3.8) is 0 Å². The summed E-state index contributed by atoms with van der Waals surface area (Å²) in [5.74, 6) is 1.25. The highest BCUT2D eigenvalue weighted by Gasteiger charge is 2.28. The average molecular weight is 320 g/mol. The Hall–Kier alpha value is -1.91. The van der Waals surface area contributed by atoms with Crippen LogP contribution in [0.2, 0.25) is 0 Å². The van der Waals surface area contributed by atoms with Crippen molar-refractivity contribution >= 4 is 11.8 Å². The molecule has 1 aromatic rings. The number of piperidine rings is 1. The van der Waals surface area contributed by atoms with Crippen molar-refractivity contribution in [2.45, 2.75) is 52.1 Å². The molecule has 0 unspecified atom stereocenters. The van der Waals surface area contributed by atoms with Crippen molar-refractivity contribution in [1.82, 2.24) is 4.90 Å². The molecule has 1 amide bonds. The van der Waals surface area contributed by atoms with Gasteiger partial charge in [-0.15, -0.1) is 0 Å². The predicted octanol–water partition coefficient (Wildman–Crippen LogP) is 3.78. The van der Waals surface area contributed by atoms with E-state index in [0.29, 0.717) is 31.3 Å². The molecule has 2 rings (SSSR count).